The molecule has 1 aliphatic rings. The zero-order valence-corrected chi connectivity index (χ0v) is 15.6. The minimum atomic E-state index is -0.281. The number of amides is 1. The van der Waals surface area contributed by atoms with Gasteiger partial charge in [0.1, 0.15) is 5.82 Å². The highest BCUT2D eigenvalue weighted by Crippen LogP contribution is 2.25. The van der Waals surface area contributed by atoms with Crippen LogP contribution in [0.25, 0.3) is 11.4 Å². The predicted molar refractivity (Wildman–Crippen MR) is 96.6 cm³/mol. The van der Waals surface area contributed by atoms with Gasteiger partial charge in [-0.1, -0.05) is 25.6 Å². The number of thioether (sulfide) groups is 1. The number of benzene rings is 1. The van der Waals surface area contributed by atoms with Gasteiger partial charge in [0.15, 0.2) is 11.0 Å². The van der Waals surface area contributed by atoms with E-state index >= 15 is 0 Å². The number of hydrogen-bond donors (Lipinski definition) is 0. The molecule has 134 valence electrons. The molecule has 0 N–H and O–H groups in total. The highest BCUT2D eigenvalue weighted by molar-refractivity contribution is 7.99. The molecule has 1 amide bonds. The van der Waals surface area contributed by atoms with Crippen molar-refractivity contribution in [3.8, 4) is 11.4 Å². The van der Waals surface area contributed by atoms with Crippen molar-refractivity contribution < 1.29 is 9.18 Å². The summed E-state index contributed by atoms with van der Waals surface area (Å²) >= 11 is 1.39. The van der Waals surface area contributed by atoms with Crippen molar-refractivity contribution in [3.05, 3.63) is 30.1 Å². The first-order chi connectivity index (χ1) is 11.9. The van der Waals surface area contributed by atoms with Gasteiger partial charge in [0.2, 0.25) is 5.91 Å². The first kappa shape index (κ1) is 17.9. The van der Waals surface area contributed by atoms with E-state index in [1.807, 2.05) is 16.5 Å². The van der Waals surface area contributed by atoms with E-state index in [9.17, 15) is 9.18 Å². The van der Waals surface area contributed by atoms with Crippen LogP contribution in [0.15, 0.2) is 29.4 Å². The number of likely N-dealkylation sites (tertiary alicyclic amines) is 1. The van der Waals surface area contributed by atoms with Crippen molar-refractivity contribution in [1.82, 2.24) is 19.7 Å². The van der Waals surface area contributed by atoms with Crippen LogP contribution in [0.3, 0.4) is 0 Å². The molecule has 1 aromatic heterocycles. The maximum absolute atomic E-state index is 13.1. The molecule has 0 saturated carbocycles. The van der Waals surface area contributed by atoms with Gasteiger partial charge in [-0.2, -0.15) is 0 Å². The average Bonchev–Trinajstić information content (AvgIpc) is 2.93. The third-order valence-corrected chi connectivity index (χ3v) is 5.49. The molecule has 1 fully saturated rings. The van der Waals surface area contributed by atoms with Crippen LogP contribution in [0, 0.1) is 17.7 Å². The van der Waals surface area contributed by atoms with E-state index < -0.39 is 0 Å². The van der Waals surface area contributed by atoms with Crippen molar-refractivity contribution in [1.29, 1.82) is 0 Å². The van der Waals surface area contributed by atoms with Crippen molar-refractivity contribution in [2.45, 2.75) is 25.4 Å². The Morgan fingerprint density at radius 3 is 2.48 bits per heavy atom. The largest absolute Gasteiger partial charge is 0.341 e. The zero-order chi connectivity index (χ0) is 18.0. The summed E-state index contributed by atoms with van der Waals surface area (Å²) < 4.78 is 14.9. The van der Waals surface area contributed by atoms with Crippen LogP contribution in [-0.2, 0) is 11.8 Å². The Morgan fingerprint density at radius 1 is 1.20 bits per heavy atom. The Bertz CT molecular complexity index is 736. The van der Waals surface area contributed by atoms with Crippen LogP contribution in [0.4, 0.5) is 4.39 Å². The van der Waals surface area contributed by atoms with Gasteiger partial charge in [-0.15, -0.1) is 10.2 Å². The summed E-state index contributed by atoms with van der Waals surface area (Å²) in [5, 5.41) is 9.03. The van der Waals surface area contributed by atoms with Gasteiger partial charge in [-0.3, -0.25) is 4.79 Å². The molecule has 1 saturated heterocycles. The summed E-state index contributed by atoms with van der Waals surface area (Å²) in [7, 11) is 1.86. The smallest absolute Gasteiger partial charge is 0.233 e. The Morgan fingerprint density at radius 2 is 1.84 bits per heavy atom. The van der Waals surface area contributed by atoms with Gasteiger partial charge >= 0.3 is 0 Å². The monoisotopic (exact) mass is 362 g/mol. The zero-order valence-electron chi connectivity index (χ0n) is 14.8. The number of halogens is 1. The highest BCUT2D eigenvalue weighted by atomic mass is 32.2. The fourth-order valence-electron chi connectivity index (χ4n) is 3.38. The number of carbonyl (C=O) groups excluding carboxylic acids is 1. The first-order valence-corrected chi connectivity index (χ1v) is 9.48. The maximum Gasteiger partial charge on any atom is 0.233 e. The lowest BCUT2D eigenvalue weighted by atomic mass is 9.92. The fourth-order valence-corrected chi connectivity index (χ4v) is 4.19. The van der Waals surface area contributed by atoms with Crippen molar-refractivity contribution in [3.63, 3.8) is 0 Å². The summed E-state index contributed by atoms with van der Waals surface area (Å²) in [5.41, 5.74) is 0.799. The Balaban J connectivity index is 1.64. The van der Waals surface area contributed by atoms with Crippen LogP contribution in [0.5, 0.6) is 0 Å². The van der Waals surface area contributed by atoms with Crippen molar-refractivity contribution in [2.75, 3.05) is 18.8 Å². The number of nitrogens with zero attached hydrogens (tertiary/aromatic N) is 4. The lowest BCUT2D eigenvalue weighted by Crippen LogP contribution is -2.43. The number of aromatic nitrogens is 3. The highest BCUT2D eigenvalue weighted by Gasteiger charge is 2.25. The molecule has 7 heteroatoms. The van der Waals surface area contributed by atoms with E-state index in [0.29, 0.717) is 28.6 Å². The second-order valence-electron chi connectivity index (χ2n) is 6.91. The summed E-state index contributed by atoms with van der Waals surface area (Å²) in [6.45, 7) is 6.06. The van der Waals surface area contributed by atoms with E-state index in [-0.39, 0.29) is 11.7 Å². The van der Waals surface area contributed by atoms with Crippen LogP contribution in [-0.4, -0.2) is 44.4 Å². The summed E-state index contributed by atoms with van der Waals surface area (Å²) in [6, 6.07) is 6.16. The number of carbonyl (C=O) groups is 1. The predicted octanol–water partition coefficient (Wildman–Crippen LogP) is 3.22. The number of rotatable bonds is 4. The van der Waals surface area contributed by atoms with Crippen LogP contribution < -0.4 is 0 Å². The van der Waals surface area contributed by atoms with Crippen LogP contribution in [0.1, 0.15) is 20.3 Å². The molecule has 0 aliphatic carbocycles. The summed E-state index contributed by atoms with van der Waals surface area (Å²) in [5.74, 6) is 1.99. The number of piperidine rings is 1. The van der Waals surface area contributed by atoms with Gasteiger partial charge < -0.3 is 9.47 Å². The molecular formula is C18H23FN4OS. The molecule has 3 rings (SSSR count). The van der Waals surface area contributed by atoms with Crippen LogP contribution in [0.2, 0.25) is 0 Å². The van der Waals surface area contributed by atoms with Gasteiger partial charge in [0.25, 0.3) is 0 Å². The molecule has 0 spiro atoms. The maximum atomic E-state index is 13.1. The SMILES string of the molecule is CC1CC(C)CN(C(=O)CSc2nnc(-c3ccc(F)cc3)n2C)C1. The molecule has 1 aliphatic heterocycles. The minimum absolute atomic E-state index is 0.148. The van der Waals surface area contributed by atoms with Crippen LogP contribution >= 0.6 is 11.8 Å². The fraction of sp³-hybridized carbons (Fsp3) is 0.500. The van der Waals surface area contributed by atoms with Gasteiger partial charge in [0.05, 0.1) is 5.75 Å². The molecule has 2 unspecified atom stereocenters. The Labute approximate surface area is 151 Å². The summed E-state index contributed by atoms with van der Waals surface area (Å²) in [4.78, 5) is 14.5. The normalized spacial score (nSPS) is 20.7. The average molecular weight is 362 g/mol. The van der Waals surface area contributed by atoms with E-state index in [1.54, 1.807) is 12.1 Å². The van der Waals surface area contributed by atoms with E-state index in [1.165, 1.54) is 30.3 Å². The molecule has 5 nitrogen and oxygen atoms in total. The third-order valence-electron chi connectivity index (χ3n) is 4.48. The second kappa shape index (κ2) is 7.56. The standard InChI is InChI=1S/C18H23FN4OS/c1-12-8-13(2)10-23(9-12)16(24)11-25-18-21-20-17(22(18)3)14-4-6-15(19)7-5-14/h4-7,12-13H,8-11H2,1-3H3. The summed E-state index contributed by atoms with van der Waals surface area (Å²) in [6.07, 6.45) is 1.18. The molecular weight excluding hydrogens is 339 g/mol. The Hall–Kier alpha value is -1.89. The van der Waals surface area contributed by atoms with Gasteiger partial charge in [-0.25, -0.2) is 4.39 Å². The van der Waals surface area contributed by atoms with E-state index in [2.05, 4.69) is 24.0 Å². The lowest BCUT2D eigenvalue weighted by molar-refractivity contribution is -0.130. The lowest BCUT2D eigenvalue weighted by Gasteiger charge is -2.34. The van der Waals surface area contributed by atoms with E-state index in [4.69, 9.17) is 0 Å². The molecule has 25 heavy (non-hydrogen) atoms. The minimum Gasteiger partial charge on any atom is -0.341 e. The van der Waals surface area contributed by atoms with Crippen molar-refractivity contribution >= 4 is 17.7 Å². The third kappa shape index (κ3) is 4.21. The second-order valence-corrected chi connectivity index (χ2v) is 7.85. The molecule has 2 aromatic rings. The van der Waals surface area contributed by atoms with Crippen molar-refractivity contribution in [2.24, 2.45) is 18.9 Å². The quantitative estimate of drug-likeness (QED) is 0.784. The molecule has 0 radical (unpaired) electrons. The first-order valence-electron chi connectivity index (χ1n) is 8.50. The van der Waals surface area contributed by atoms with E-state index in [0.717, 1.165) is 18.7 Å². The van der Waals surface area contributed by atoms with Gasteiger partial charge in [0, 0.05) is 25.7 Å². The molecule has 2 heterocycles. The molecule has 0 bridgehead atoms. The molecule has 1 aromatic carbocycles. The molecule has 2 atom stereocenters. The Kier molecular flexibility index (Phi) is 5.42. The topological polar surface area (TPSA) is 51.0 Å². The number of hydrogen-bond acceptors (Lipinski definition) is 4. The van der Waals surface area contributed by atoms with Gasteiger partial charge in [-0.05, 0) is 42.5 Å².